The lowest BCUT2D eigenvalue weighted by Crippen LogP contribution is -2.43. The minimum atomic E-state index is -3.64. The van der Waals surface area contributed by atoms with E-state index >= 15 is 0 Å². The maximum absolute atomic E-state index is 12.8. The van der Waals surface area contributed by atoms with Gasteiger partial charge in [-0.25, -0.2) is 13.4 Å². The number of likely N-dealkylation sites (N-methyl/N-ethyl adjacent to an activating group) is 1. The maximum Gasteiger partial charge on any atom is 0.263 e. The van der Waals surface area contributed by atoms with Gasteiger partial charge in [-0.2, -0.15) is 4.31 Å². The summed E-state index contributed by atoms with van der Waals surface area (Å²) in [5.74, 6) is 0. The van der Waals surface area contributed by atoms with Gasteiger partial charge >= 0.3 is 0 Å². The number of halogens is 1. The zero-order valence-corrected chi connectivity index (χ0v) is 13.7. The van der Waals surface area contributed by atoms with Gasteiger partial charge in [-0.3, -0.25) is 0 Å². The van der Waals surface area contributed by atoms with Crippen LogP contribution in [0.2, 0.25) is 5.15 Å². The third-order valence-corrected chi connectivity index (χ3v) is 6.15. The Balaban J connectivity index is 2.38. The van der Waals surface area contributed by atoms with E-state index < -0.39 is 10.0 Å². The topological polar surface area (TPSA) is 58.4 Å². The van der Waals surface area contributed by atoms with Crippen molar-refractivity contribution >= 4 is 21.6 Å². The summed E-state index contributed by atoms with van der Waals surface area (Å²) in [6.07, 6.45) is 3.02. The Bertz CT molecular complexity index is 572. The minimum absolute atomic E-state index is 0.0365. The van der Waals surface area contributed by atoms with Gasteiger partial charge in [0, 0.05) is 26.2 Å². The van der Waals surface area contributed by atoms with Gasteiger partial charge in [-0.05, 0) is 26.4 Å². The second-order valence-corrected chi connectivity index (χ2v) is 7.41. The van der Waals surface area contributed by atoms with E-state index in [0.29, 0.717) is 6.54 Å². The summed E-state index contributed by atoms with van der Waals surface area (Å²) < 4.78 is 28.7. The SMILES string of the molecule is CCC1CN(C)CCCN1S(=O)(=O)c1ncn(C)c1Cl. The van der Waals surface area contributed by atoms with E-state index in [9.17, 15) is 8.42 Å². The van der Waals surface area contributed by atoms with Crippen LogP contribution in [0.4, 0.5) is 0 Å². The Morgan fingerprint density at radius 1 is 1.40 bits per heavy atom. The van der Waals surface area contributed by atoms with Gasteiger partial charge in [-0.1, -0.05) is 18.5 Å². The Morgan fingerprint density at radius 2 is 2.10 bits per heavy atom. The van der Waals surface area contributed by atoms with E-state index in [1.807, 2.05) is 14.0 Å². The number of hydrogen-bond donors (Lipinski definition) is 0. The average Bonchev–Trinajstić information content (AvgIpc) is 2.62. The highest BCUT2D eigenvalue weighted by molar-refractivity contribution is 7.89. The molecule has 1 aliphatic heterocycles. The fraction of sp³-hybridized carbons (Fsp3) is 0.750. The third-order valence-electron chi connectivity index (χ3n) is 3.71. The smallest absolute Gasteiger partial charge is 0.263 e. The Hall–Kier alpha value is -0.630. The molecular formula is C12H21ClN4O2S. The lowest BCUT2D eigenvalue weighted by molar-refractivity contribution is 0.270. The molecule has 0 aliphatic carbocycles. The molecule has 8 heteroatoms. The summed E-state index contributed by atoms with van der Waals surface area (Å²) in [6, 6.07) is -0.0365. The highest BCUT2D eigenvalue weighted by Gasteiger charge is 2.35. The molecule has 1 aliphatic rings. The molecule has 1 aromatic rings. The Morgan fingerprint density at radius 3 is 2.65 bits per heavy atom. The fourth-order valence-corrected chi connectivity index (χ4v) is 4.67. The average molecular weight is 321 g/mol. The van der Waals surface area contributed by atoms with Crippen molar-refractivity contribution in [1.82, 2.24) is 18.8 Å². The van der Waals surface area contributed by atoms with E-state index in [-0.39, 0.29) is 16.2 Å². The Kier molecular flexibility index (Phi) is 4.73. The van der Waals surface area contributed by atoms with Gasteiger partial charge in [0.05, 0.1) is 6.33 Å². The summed E-state index contributed by atoms with van der Waals surface area (Å²) >= 11 is 6.06. The van der Waals surface area contributed by atoms with Crippen LogP contribution in [-0.2, 0) is 17.1 Å². The molecule has 6 nitrogen and oxygen atoms in total. The molecule has 20 heavy (non-hydrogen) atoms. The van der Waals surface area contributed by atoms with E-state index in [2.05, 4.69) is 9.88 Å². The van der Waals surface area contributed by atoms with Crippen LogP contribution in [0.3, 0.4) is 0 Å². The van der Waals surface area contributed by atoms with Gasteiger partial charge in [0.15, 0.2) is 0 Å². The molecule has 2 rings (SSSR count). The van der Waals surface area contributed by atoms with Crippen LogP contribution in [0.25, 0.3) is 0 Å². The molecule has 0 N–H and O–H groups in total. The zero-order chi connectivity index (χ0) is 14.9. The van der Waals surface area contributed by atoms with Crippen molar-refractivity contribution in [3.63, 3.8) is 0 Å². The number of sulfonamides is 1. The molecule has 0 amide bonds. The first kappa shape index (κ1) is 15.8. The van der Waals surface area contributed by atoms with E-state index in [4.69, 9.17) is 11.6 Å². The number of aromatic nitrogens is 2. The molecule has 0 spiro atoms. The highest BCUT2D eigenvalue weighted by Crippen LogP contribution is 2.26. The largest absolute Gasteiger partial charge is 0.324 e. The summed E-state index contributed by atoms with van der Waals surface area (Å²) in [5.41, 5.74) is 0. The summed E-state index contributed by atoms with van der Waals surface area (Å²) in [7, 11) is 0.0656. The first-order valence-corrected chi connectivity index (χ1v) is 8.57. The van der Waals surface area contributed by atoms with Crippen LogP contribution in [0.15, 0.2) is 11.4 Å². The first-order chi connectivity index (χ1) is 9.37. The summed E-state index contributed by atoms with van der Waals surface area (Å²) in [5, 5.41) is 0.127. The molecule has 114 valence electrons. The second kappa shape index (κ2) is 6.01. The molecule has 1 saturated heterocycles. The molecule has 1 fully saturated rings. The highest BCUT2D eigenvalue weighted by atomic mass is 35.5. The van der Waals surface area contributed by atoms with Gasteiger partial charge in [-0.15, -0.1) is 0 Å². The first-order valence-electron chi connectivity index (χ1n) is 6.75. The fourth-order valence-electron chi connectivity index (χ4n) is 2.55. The molecule has 1 atom stereocenters. The van der Waals surface area contributed by atoms with Crippen molar-refractivity contribution < 1.29 is 8.42 Å². The van der Waals surface area contributed by atoms with Crippen LogP contribution >= 0.6 is 11.6 Å². The van der Waals surface area contributed by atoms with Crippen LogP contribution in [0.1, 0.15) is 19.8 Å². The minimum Gasteiger partial charge on any atom is -0.324 e. The van der Waals surface area contributed by atoms with Crippen molar-refractivity contribution in [2.45, 2.75) is 30.8 Å². The van der Waals surface area contributed by atoms with Crippen molar-refractivity contribution in [2.75, 3.05) is 26.7 Å². The molecule has 0 bridgehead atoms. The number of aryl methyl sites for hydroxylation is 1. The lowest BCUT2D eigenvalue weighted by atomic mass is 10.2. The van der Waals surface area contributed by atoms with E-state index in [0.717, 1.165) is 25.9 Å². The van der Waals surface area contributed by atoms with Crippen molar-refractivity contribution in [2.24, 2.45) is 7.05 Å². The molecule has 0 aromatic carbocycles. The zero-order valence-electron chi connectivity index (χ0n) is 12.1. The number of nitrogens with zero attached hydrogens (tertiary/aromatic N) is 4. The standard InChI is InChI=1S/C12H21ClN4O2S/c1-4-10-8-15(2)6-5-7-17(10)20(18,19)12-11(13)16(3)9-14-12/h9-10H,4-8H2,1-3H3. The van der Waals surface area contributed by atoms with Crippen LogP contribution < -0.4 is 0 Å². The van der Waals surface area contributed by atoms with Gasteiger partial charge < -0.3 is 9.47 Å². The van der Waals surface area contributed by atoms with Crippen molar-refractivity contribution in [3.8, 4) is 0 Å². The lowest BCUT2D eigenvalue weighted by Gasteiger charge is -2.28. The molecule has 1 aromatic heterocycles. The van der Waals surface area contributed by atoms with Gasteiger partial charge in [0.2, 0.25) is 5.03 Å². The Labute approximate surface area is 125 Å². The molecule has 0 saturated carbocycles. The summed E-state index contributed by atoms with van der Waals surface area (Å²) in [4.78, 5) is 6.14. The molecule has 2 heterocycles. The normalized spacial score (nSPS) is 22.9. The predicted molar refractivity (Wildman–Crippen MR) is 78.3 cm³/mol. The maximum atomic E-state index is 12.8. The number of rotatable bonds is 3. The molecule has 1 unspecified atom stereocenters. The molecular weight excluding hydrogens is 300 g/mol. The van der Waals surface area contributed by atoms with Crippen LogP contribution in [-0.4, -0.2) is 59.9 Å². The molecule has 0 radical (unpaired) electrons. The third kappa shape index (κ3) is 2.86. The second-order valence-electron chi connectivity index (χ2n) is 5.25. The van der Waals surface area contributed by atoms with E-state index in [1.165, 1.54) is 10.9 Å². The quantitative estimate of drug-likeness (QED) is 0.839. The predicted octanol–water partition coefficient (Wildman–Crippen LogP) is 1.18. The van der Waals surface area contributed by atoms with Crippen molar-refractivity contribution in [1.29, 1.82) is 0 Å². The summed E-state index contributed by atoms with van der Waals surface area (Å²) in [6.45, 7) is 4.16. The van der Waals surface area contributed by atoms with Crippen molar-refractivity contribution in [3.05, 3.63) is 11.5 Å². The monoisotopic (exact) mass is 320 g/mol. The van der Waals surface area contributed by atoms with Crippen LogP contribution in [0, 0.1) is 0 Å². The van der Waals surface area contributed by atoms with E-state index in [1.54, 1.807) is 11.4 Å². The van der Waals surface area contributed by atoms with Gasteiger partial charge in [0.25, 0.3) is 10.0 Å². The number of hydrogen-bond acceptors (Lipinski definition) is 4. The number of imidazole rings is 1. The van der Waals surface area contributed by atoms with Crippen LogP contribution in [0.5, 0.6) is 0 Å². The van der Waals surface area contributed by atoms with Gasteiger partial charge in [0.1, 0.15) is 5.15 Å².